The van der Waals surface area contributed by atoms with E-state index in [1.807, 2.05) is 110 Å². The number of nitrogens with zero attached hydrogens (tertiary/aromatic N) is 4. The zero-order valence-corrected chi connectivity index (χ0v) is 52.2. The van der Waals surface area contributed by atoms with Gasteiger partial charge in [-0.3, -0.25) is 38.9 Å². The quantitative estimate of drug-likeness (QED) is 0.0208. The van der Waals surface area contributed by atoms with Gasteiger partial charge in [-0.05, 0) is 134 Å². The van der Waals surface area contributed by atoms with Gasteiger partial charge < -0.3 is 49.3 Å². The number of carbonyl (C=O) groups is 4. The molecule has 0 aliphatic heterocycles. The molecule has 88 heavy (non-hydrogen) atoms. The smallest absolute Gasteiger partial charge is 0.317 e. The van der Waals surface area contributed by atoms with E-state index < -0.39 is 48.0 Å². The topological polar surface area (TPSA) is 220 Å². The summed E-state index contributed by atoms with van der Waals surface area (Å²) in [4.78, 5) is 63.2. The Morgan fingerprint density at radius 3 is 1.36 bits per heavy atom. The van der Waals surface area contributed by atoms with E-state index in [2.05, 4.69) is 32.7 Å². The highest BCUT2D eigenvalue weighted by Gasteiger charge is 2.49. The van der Waals surface area contributed by atoms with Crippen LogP contribution in [0.3, 0.4) is 0 Å². The first-order chi connectivity index (χ1) is 42.8. The van der Waals surface area contributed by atoms with Crippen LogP contribution in [0.25, 0.3) is 22.3 Å². The molecule has 0 atom stereocenters. The largest absolute Gasteiger partial charge is 0.490 e. The molecule has 18 nitrogen and oxygen atoms in total. The molecule has 0 saturated heterocycles. The second kappa shape index (κ2) is 31.4. The van der Waals surface area contributed by atoms with E-state index in [0.29, 0.717) is 48.0 Å². The Hall–Kier alpha value is -6.30. The average molecular weight is 1280 g/mol. The van der Waals surface area contributed by atoms with Gasteiger partial charge in [0.2, 0.25) is 11.8 Å². The van der Waals surface area contributed by atoms with Crippen molar-refractivity contribution in [3.8, 4) is 33.8 Å². The van der Waals surface area contributed by atoms with Gasteiger partial charge in [0.25, 0.3) is 0 Å². The van der Waals surface area contributed by atoms with Crippen LogP contribution in [0.1, 0.15) is 73.6 Å². The number of pyridine rings is 2. The van der Waals surface area contributed by atoms with Crippen LogP contribution in [-0.2, 0) is 62.5 Å². The average Bonchev–Trinajstić information content (AvgIpc) is 1.75. The van der Waals surface area contributed by atoms with Crippen molar-refractivity contribution in [1.29, 1.82) is 0 Å². The first-order valence-corrected chi connectivity index (χ1v) is 32.6. The Kier molecular flexibility index (Phi) is 23.1. The predicted octanol–water partition coefficient (Wildman–Crippen LogP) is 10.5. The molecular weight excluding hydrogens is 1200 g/mol. The second-order valence-electron chi connectivity index (χ2n) is 22.4. The van der Waals surface area contributed by atoms with Crippen molar-refractivity contribution >= 4 is 70.5 Å². The van der Waals surface area contributed by atoms with Crippen molar-refractivity contribution in [2.75, 3.05) is 90.3 Å². The van der Waals surface area contributed by atoms with Crippen LogP contribution in [-0.4, -0.2) is 156 Å². The van der Waals surface area contributed by atoms with Crippen LogP contribution in [0.4, 0.5) is 0 Å². The lowest BCUT2D eigenvalue weighted by Crippen LogP contribution is -2.47. The summed E-state index contributed by atoms with van der Waals surface area (Å²) in [5.74, 6) is -0.131. The third-order valence-corrected chi connectivity index (χ3v) is 18.0. The van der Waals surface area contributed by atoms with Gasteiger partial charge in [-0.15, -0.1) is 23.5 Å². The van der Waals surface area contributed by atoms with Crippen molar-refractivity contribution < 1.29 is 57.8 Å². The van der Waals surface area contributed by atoms with Gasteiger partial charge in [-0.2, -0.15) is 0 Å². The van der Waals surface area contributed by atoms with Crippen LogP contribution in [0, 0.1) is 0 Å². The van der Waals surface area contributed by atoms with E-state index >= 15 is 0 Å². The van der Waals surface area contributed by atoms with Crippen molar-refractivity contribution in [3.63, 3.8) is 0 Å². The lowest BCUT2D eigenvalue weighted by molar-refractivity contribution is -0.141. The first kappa shape index (κ1) is 64.7. The first-order valence-electron chi connectivity index (χ1n) is 29.9. The summed E-state index contributed by atoms with van der Waals surface area (Å²) in [6.45, 7) is 0.945. The molecule has 2 heterocycles. The summed E-state index contributed by atoms with van der Waals surface area (Å²) < 4.78 is 37.5. The number of amides is 2. The van der Waals surface area contributed by atoms with Gasteiger partial charge in [-0.25, -0.2) is 0 Å². The molecule has 4 fully saturated rings. The molecule has 2 aromatic heterocycles. The third-order valence-electron chi connectivity index (χ3n) is 15.4. The Bertz CT molecular complexity index is 3150. The van der Waals surface area contributed by atoms with Crippen molar-refractivity contribution in [3.05, 3.63) is 154 Å². The van der Waals surface area contributed by atoms with Gasteiger partial charge in [0.1, 0.15) is 11.5 Å². The standard InChI is InChI=1S/C66H74Cl2N6O12S2/c67-57-15-13-49(35-45(57)43-83-65(19-20-65)55-37-69-23-17-51(55)53-5-1-3-7-59(53)85-47-9-10-47)87-33-31-81-29-25-71-61(75)39-73(41-63(77)78)27-28-74(42-64(79)80)40-62(76)72-26-30-82-32-34-88-50-14-16-58(68)46(36-50)44-84-66(21-22-66)56-38-70-24-18-52(56)54-6-2-4-8-60(54)86-48-11-12-48/h1-8,13-18,23-24,35-38,47-48H,9-12,19-22,25-34,39-44H2,(H,71,75)(H,72,76)(H,77,78)(H,79,80). The van der Waals surface area contributed by atoms with Gasteiger partial charge >= 0.3 is 11.9 Å². The molecule has 4 aliphatic carbocycles. The minimum Gasteiger partial charge on any atom is -0.490 e. The van der Waals surface area contributed by atoms with Crippen LogP contribution in [0.2, 0.25) is 10.0 Å². The van der Waals surface area contributed by atoms with E-state index in [1.165, 1.54) is 9.80 Å². The SMILES string of the molecule is O=C(O)CN(CCN(CC(=O)O)CC(=O)NCCOCCSc1ccc(Cl)c(COC2(c3cnccc3-c3ccccc3OC3CC3)CC2)c1)CC(=O)NCCOCCSc1ccc(Cl)c(COC2(c3cnccc3-c3ccccc3OC3CC3)CC2)c1. The van der Waals surface area contributed by atoms with E-state index in [0.717, 1.165) is 117 Å². The summed E-state index contributed by atoms with van der Waals surface area (Å²) in [6, 6.07) is 32.1. The van der Waals surface area contributed by atoms with Crippen LogP contribution < -0.4 is 20.1 Å². The maximum absolute atomic E-state index is 12.9. The molecule has 6 aromatic rings. The van der Waals surface area contributed by atoms with Crippen LogP contribution in [0.15, 0.2) is 132 Å². The molecule has 2 amide bonds. The highest BCUT2D eigenvalue weighted by atomic mass is 35.5. The van der Waals surface area contributed by atoms with E-state index in [1.54, 1.807) is 23.5 Å². The molecule has 0 spiro atoms. The number of rotatable bonds is 39. The van der Waals surface area contributed by atoms with Gasteiger partial charge in [0.15, 0.2) is 0 Å². The molecule has 0 bridgehead atoms. The van der Waals surface area contributed by atoms with Crippen molar-refractivity contribution in [2.24, 2.45) is 0 Å². The number of benzene rings is 4. The van der Waals surface area contributed by atoms with Crippen molar-refractivity contribution in [1.82, 2.24) is 30.4 Å². The fourth-order valence-corrected chi connectivity index (χ4v) is 12.2. The monoisotopic (exact) mass is 1280 g/mol. The molecule has 22 heteroatoms. The zero-order chi connectivity index (χ0) is 61.3. The summed E-state index contributed by atoms with van der Waals surface area (Å²) in [7, 11) is 0. The van der Waals surface area contributed by atoms with Crippen molar-refractivity contribution in [2.45, 2.75) is 97.8 Å². The number of aliphatic carboxylic acids is 2. The summed E-state index contributed by atoms with van der Waals surface area (Å²) in [5.41, 5.74) is 7.09. The molecule has 10 rings (SSSR count). The molecule has 4 aromatic carbocycles. The highest BCUT2D eigenvalue weighted by Crippen LogP contribution is 2.55. The molecule has 4 N–H and O–H groups in total. The second-order valence-corrected chi connectivity index (χ2v) is 25.5. The summed E-state index contributed by atoms with van der Waals surface area (Å²) in [6.07, 6.45) is 15.7. The Morgan fingerprint density at radius 1 is 0.545 bits per heavy atom. The number of hydrogen-bond donors (Lipinski definition) is 4. The molecule has 4 saturated carbocycles. The Labute approximate surface area is 531 Å². The molecule has 0 radical (unpaired) electrons. The van der Waals surface area contributed by atoms with Crippen LogP contribution in [0.5, 0.6) is 11.5 Å². The lowest BCUT2D eigenvalue weighted by atomic mass is 9.96. The van der Waals surface area contributed by atoms with E-state index in [4.69, 9.17) is 51.6 Å². The minimum absolute atomic E-state index is 0.0197. The number of halogens is 2. The van der Waals surface area contributed by atoms with Gasteiger partial charge in [0.05, 0.1) is 89.2 Å². The number of carbonyl (C=O) groups excluding carboxylic acids is 2. The maximum Gasteiger partial charge on any atom is 0.317 e. The Balaban J connectivity index is 0.590. The number of aromatic nitrogens is 2. The lowest BCUT2D eigenvalue weighted by Gasteiger charge is -2.25. The molecule has 0 unspecified atom stereocenters. The number of thioether (sulfide) groups is 2. The zero-order valence-electron chi connectivity index (χ0n) is 49.0. The normalized spacial score (nSPS) is 15.5. The highest BCUT2D eigenvalue weighted by molar-refractivity contribution is 7.99. The predicted molar refractivity (Wildman–Crippen MR) is 338 cm³/mol. The van der Waals surface area contributed by atoms with E-state index in [9.17, 15) is 29.4 Å². The minimum atomic E-state index is -1.16. The summed E-state index contributed by atoms with van der Waals surface area (Å²) >= 11 is 16.6. The molecule has 4 aliphatic rings. The molecular formula is C66H74Cl2N6O12S2. The number of carboxylic acid groups (broad SMARTS) is 2. The fraction of sp³-hybridized carbons (Fsp3) is 0.424. The van der Waals surface area contributed by atoms with E-state index in [-0.39, 0.29) is 64.7 Å². The third kappa shape index (κ3) is 19.1. The number of ether oxygens (including phenoxy) is 6. The van der Waals surface area contributed by atoms with Crippen LogP contribution >= 0.6 is 46.7 Å². The van der Waals surface area contributed by atoms with Gasteiger partial charge in [-0.1, -0.05) is 59.6 Å². The number of hydrogen-bond acceptors (Lipinski definition) is 16. The maximum atomic E-state index is 12.9. The number of carboxylic acids is 2. The summed E-state index contributed by atoms with van der Waals surface area (Å²) in [5, 5.41) is 26.0. The Morgan fingerprint density at radius 2 is 0.966 bits per heavy atom. The molecule has 466 valence electrons. The van der Waals surface area contributed by atoms with Gasteiger partial charge in [0, 0.05) is 105 Å². The number of para-hydroxylation sites is 2. The number of nitrogens with one attached hydrogen (secondary N) is 2. The fourth-order valence-electron chi connectivity index (χ4n) is 10.2.